The second-order valence-corrected chi connectivity index (χ2v) is 7.48. The van der Waals surface area contributed by atoms with E-state index in [0.29, 0.717) is 29.2 Å². The van der Waals surface area contributed by atoms with Gasteiger partial charge in [-0.3, -0.25) is 4.90 Å². The molecular formula is C18H24N4O3S. The lowest BCUT2D eigenvalue weighted by Gasteiger charge is -2.33. The van der Waals surface area contributed by atoms with Crippen molar-refractivity contribution >= 4 is 28.3 Å². The molecule has 0 aliphatic carbocycles. The van der Waals surface area contributed by atoms with Crippen LogP contribution in [0.1, 0.15) is 24.3 Å². The molecule has 0 spiro atoms. The number of carbonyl (C=O) groups excluding carboxylic acids is 1. The number of esters is 1. The van der Waals surface area contributed by atoms with E-state index in [2.05, 4.69) is 34.0 Å². The van der Waals surface area contributed by atoms with Gasteiger partial charge in [-0.25, -0.2) is 14.8 Å². The molecule has 1 unspecified atom stereocenters. The average molecular weight is 376 g/mol. The number of hydrogen-bond acceptors (Lipinski definition) is 8. The lowest BCUT2D eigenvalue weighted by molar-refractivity contribution is -0.0613. The molecule has 26 heavy (non-hydrogen) atoms. The Balaban J connectivity index is 1.48. The van der Waals surface area contributed by atoms with Crippen LogP contribution in [0.2, 0.25) is 0 Å². The summed E-state index contributed by atoms with van der Waals surface area (Å²) in [5.41, 5.74) is 0.295. The van der Waals surface area contributed by atoms with Crippen LogP contribution >= 0.6 is 11.3 Å². The summed E-state index contributed by atoms with van der Waals surface area (Å²) in [5.74, 6) is 0.860. The second kappa shape index (κ2) is 9.07. The highest BCUT2D eigenvalue weighted by Crippen LogP contribution is 2.20. The normalized spacial score (nSPS) is 18.0. The van der Waals surface area contributed by atoms with E-state index in [1.54, 1.807) is 11.6 Å². The SMILES string of the molecule is CC(C)CN1CCOC(COC(=O)c2csc(Nc3ccccn3)n2)C1. The molecule has 1 fully saturated rings. The van der Waals surface area contributed by atoms with Gasteiger partial charge >= 0.3 is 5.97 Å². The molecule has 8 heteroatoms. The zero-order valence-corrected chi connectivity index (χ0v) is 15.9. The van der Waals surface area contributed by atoms with Crippen LogP contribution < -0.4 is 5.32 Å². The number of aromatic nitrogens is 2. The van der Waals surface area contributed by atoms with E-state index in [-0.39, 0.29) is 12.7 Å². The predicted molar refractivity (Wildman–Crippen MR) is 101 cm³/mol. The quantitative estimate of drug-likeness (QED) is 0.745. The van der Waals surface area contributed by atoms with Gasteiger partial charge in [0.1, 0.15) is 18.5 Å². The Bertz CT molecular complexity index is 707. The first-order chi connectivity index (χ1) is 12.6. The van der Waals surface area contributed by atoms with Crippen molar-refractivity contribution in [2.45, 2.75) is 20.0 Å². The maximum absolute atomic E-state index is 12.2. The summed E-state index contributed by atoms with van der Waals surface area (Å²) in [5, 5.41) is 5.35. The molecular weight excluding hydrogens is 352 g/mol. The van der Waals surface area contributed by atoms with Crippen molar-refractivity contribution in [3.8, 4) is 0 Å². The van der Waals surface area contributed by atoms with Crippen LogP contribution in [0, 0.1) is 5.92 Å². The molecule has 3 rings (SSSR count). The van der Waals surface area contributed by atoms with Crippen LogP contribution in [0.5, 0.6) is 0 Å². The number of pyridine rings is 1. The Labute approximate surface area is 157 Å². The number of anilines is 2. The Morgan fingerprint density at radius 2 is 2.38 bits per heavy atom. The van der Waals surface area contributed by atoms with Gasteiger partial charge in [0.2, 0.25) is 0 Å². The van der Waals surface area contributed by atoms with Crippen molar-refractivity contribution in [1.82, 2.24) is 14.9 Å². The van der Waals surface area contributed by atoms with Crippen molar-refractivity contribution in [3.05, 3.63) is 35.5 Å². The highest BCUT2D eigenvalue weighted by Gasteiger charge is 2.23. The van der Waals surface area contributed by atoms with E-state index in [9.17, 15) is 4.79 Å². The molecule has 1 aliphatic heterocycles. The minimum Gasteiger partial charge on any atom is -0.458 e. The smallest absolute Gasteiger partial charge is 0.357 e. The molecule has 0 bridgehead atoms. The molecule has 0 saturated carbocycles. The highest BCUT2D eigenvalue weighted by atomic mass is 32.1. The maximum Gasteiger partial charge on any atom is 0.357 e. The first-order valence-electron chi connectivity index (χ1n) is 8.75. The molecule has 7 nitrogen and oxygen atoms in total. The van der Waals surface area contributed by atoms with Gasteiger partial charge in [0.05, 0.1) is 6.61 Å². The first-order valence-corrected chi connectivity index (χ1v) is 9.63. The summed E-state index contributed by atoms with van der Waals surface area (Å²) in [6, 6.07) is 5.55. The van der Waals surface area contributed by atoms with Crippen molar-refractivity contribution in [3.63, 3.8) is 0 Å². The van der Waals surface area contributed by atoms with Gasteiger partial charge in [0.25, 0.3) is 0 Å². The van der Waals surface area contributed by atoms with E-state index in [4.69, 9.17) is 9.47 Å². The van der Waals surface area contributed by atoms with Crippen LogP contribution in [-0.2, 0) is 9.47 Å². The van der Waals surface area contributed by atoms with Gasteiger partial charge in [-0.2, -0.15) is 0 Å². The van der Waals surface area contributed by atoms with Crippen molar-refractivity contribution in [2.75, 3.05) is 38.2 Å². The van der Waals surface area contributed by atoms with Gasteiger partial charge in [-0.15, -0.1) is 11.3 Å². The number of rotatable bonds is 7. The minimum absolute atomic E-state index is 0.0869. The predicted octanol–water partition coefficient (Wildman–Crippen LogP) is 2.80. The largest absolute Gasteiger partial charge is 0.458 e. The maximum atomic E-state index is 12.2. The van der Waals surface area contributed by atoms with Gasteiger partial charge < -0.3 is 14.8 Å². The molecule has 140 valence electrons. The van der Waals surface area contributed by atoms with Crippen LogP contribution in [0.3, 0.4) is 0 Å². The van der Waals surface area contributed by atoms with E-state index in [1.165, 1.54) is 11.3 Å². The summed E-state index contributed by atoms with van der Waals surface area (Å²) in [6.45, 7) is 8.05. The van der Waals surface area contributed by atoms with Crippen LogP contribution in [0.4, 0.5) is 10.9 Å². The highest BCUT2D eigenvalue weighted by molar-refractivity contribution is 7.14. The van der Waals surface area contributed by atoms with E-state index in [1.807, 2.05) is 18.2 Å². The fourth-order valence-corrected chi connectivity index (χ4v) is 3.46. The molecule has 1 N–H and O–H groups in total. The van der Waals surface area contributed by atoms with Crippen molar-refractivity contribution in [1.29, 1.82) is 0 Å². The average Bonchev–Trinajstić information content (AvgIpc) is 3.09. The summed E-state index contributed by atoms with van der Waals surface area (Å²) >= 11 is 1.34. The van der Waals surface area contributed by atoms with E-state index < -0.39 is 5.97 Å². The molecule has 2 aromatic heterocycles. The number of thiazole rings is 1. The number of hydrogen-bond donors (Lipinski definition) is 1. The Hall–Kier alpha value is -2.03. The van der Waals surface area contributed by atoms with Crippen LogP contribution in [-0.4, -0.2) is 59.8 Å². The van der Waals surface area contributed by atoms with Crippen LogP contribution in [0.15, 0.2) is 29.8 Å². The lowest BCUT2D eigenvalue weighted by Crippen LogP contribution is -2.45. The zero-order valence-electron chi connectivity index (χ0n) is 15.1. The Morgan fingerprint density at radius 3 is 3.15 bits per heavy atom. The fraction of sp³-hybridized carbons (Fsp3) is 0.500. The van der Waals surface area contributed by atoms with Gasteiger partial charge in [-0.05, 0) is 18.1 Å². The molecule has 1 atom stereocenters. The molecule has 3 heterocycles. The number of nitrogens with one attached hydrogen (secondary N) is 1. The minimum atomic E-state index is -0.431. The zero-order chi connectivity index (χ0) is 18.4. The van der Waals surface area contributed by atoms with E-state index >= 15 is 0 Å². The molecule has 0 amide bonds. The summed E-state index contributed by atoms with van der Waals surface area (Å²) in [4.78, 5) is 23.0. The number of ether oxygens (including phenoxy) is 2. The van der Waals surface area contributed by atoms with E-state index in [0.717, 1.165) is 19.6 Å². The molecule has 1 saturated heterocycles. The topological polar surface area (TPSA) is 76.6 Å². The fourth-order valence-electron chi connectivity index (χ4n) is 2.78. The third-order valence-electron chi connectivity index (χ3n) is 3.86. The molecule has 1 aliphatic rings. The van der Waals surface area contributed by atoms with Gasteiger partial charge in [0, 0.05) is 31.2 Å². The third-order valence-corrected chi connectivity index (χ3v) is 4.62. The summed E-state index contributed by atoms with van der Waals surface area (Å²) in [6.07, 6.45) is 1.61. The van der Waals surface area contributed by atoms with Crippen LogP contribution in [0.25, 0.3) is 0 Å². The number of carbonyl (C=O) groups is 1. The lowest BCUT2D eigenvalue weighted by atomic mass is 10.2. The first kappa shape index (κ1) is 18.8. The number of morpholine rings is 1. The Morgan fingerprint density at radius 1 is 1.50 bits per heavy atom. The molecule has 2 aromatic rings. The summed E-state index contributed by atoms with van der Waals surface area (Å²) in [7, 11) is 0. The number of nitrogens with zero attached hydrogens (tertiary/aromatic N) is 3. The van der Waals surface area contributed by atoms with Gasteiger partial charge in [0.15, 0.2) is 10.8 Å². The monoisotopic (exact) mass is 376 g/mol. The molecule has 0 radical (unpaired) electrons. The van der Waals surface area contributed by atoms with Gasteiger partial charge in [-0.1, -0.05) is 19.9 Å². The second-order valence-electron chi connectivity index (χ2n) is 6.62. The summed E-state index contributed by atoms with van der Waals surface area (Å²) < 4.78 is 11.1. The standard InChI is InChI=1S/C18H24N4O3S/c1-13(2)9-22-7-8-24-14(10-22)11-25-17(23)15-12-26-18(20-15)21-16-5-3-4-6-19-16/h3-6,12-14H,7-11H2,1-2H3,(H,19,20,21). The van der Waals surface area contributed by atoms with Crippen molar-refractivity contribution in [2.24, 2.45) is 5.92 Å². The molecule has 0 aromatic carbocycles. The Kier molecular flexibility index (Phi) is 6.54. The third kappa shape index (κ3) is 5.48. The van der Waals surface area contributed by atoms with Crippen molar-refractivity contribution < 1.29 is 14.3 Å².